The molecule has 1 aliphatic rings. The minimum absolute atomic E-state index is 0.415. The fourth-order valence-corrected chi connectivity index (χ4v) is 4.24. The van der Waals surface area contributed by atoms with Gasteiger partial charge < -0.3 is 34.3 Å². The van der Waals surface area contributed by atoms with Gasteiger partial charge in [0.05, 0.1) is 41.1 Å². The van der Waals surface area contributed by atoms with E-state index in [4.69, 9.17) is 34.4 Å². The zero-order chi connectivity index (χ0) is 24.2. The van der Waals surface area contributed by atoms with Crippen LogP contribution in [0.1, 0.15) is 5.56 Å². The maximum absolute atomic E-state index is 6.27. The molecular formula is C24H31N5O5. The third kappa shape index (κ3) is 4.41. The Morgan fingerprint density at radius 2 is 1.41 bits per heavy atom. The summed E-state index contributed by atoms with van der Waals surface area (Å²) in [5.74, 6) is 4.17. The van der Waals surface area contributed by atoms with Crippen molar-refractivity contribution in [2.75, 3.05) is 72.4 Å². The van der Waals surface area contributed by atoms with E-state index in [9.17, 15) is 0 Å². The summed E-state index contributed by atoms with van der Waals surface area (Å²) in [5, 5.41) is 0.737. The van der Waals surface area contributed by atoms with Crippen LogP contribution in [-0.4, -0.2) is 76.6 Å². The number of anilines is 2. The molecule has 1 aliphatic heterocycles. The predicted molar refractivity (Wildman–Crippen MR) is 131 cm³/mol. The molecule has 2 N–H and O–H groups in total. The minimum Gasteiger partial charge on any atom is -0.493 e. The number of hydrogen-bond acceptors (Lipinski definition) is 10. The van der Waals surface area contributed by atoms with Gasteiger partial charge in [-0.05, 0) is 12.1 Å². The summed E-state index contributed by atoms with van der Waals surface area (Å²) in [6, 6.07) is 7.56. The number of nitrogens with two attached hydrogens (primary N) is 1. The van der Waals surface area contributed by atoms with E-state index in [1.807, 2.05) is 24.3 Å². The van der Waals surface area contributed by atoms with Crippen LogP contribution in [0, 0.1) is 0 Å². The summed E-state index contributed by atoms with van der Waals surface area (Å²) in [6.45, 7) is 3.95. The van der Waals surface area contributed by atoms with E-state index in [1.54, 1.807) is 35.5 Å². The molecule has 2 aromatic carbocycles. The lowest BCUT2D eigenvalue weighted by Gasteiger charge is -2.35. The average Bonchev–Trinajstić information content (AvgIpc) is 2.87. The first kappa shape index (κ1) is 23.5. The van der Waals surface area contributed by atoms with E-state index in [2.05, 4.69) is 14.8 Å². The highest BCUT2D eigenvalue weighted by molar-refractivity contribution is 5.91. The van der Waals surface area contributed by atoms with Crippen LogP contribution < -0.4 is 34.3 Å². The van der Waals surface area contributed by atoms with Crippen molar-refractivity contribution in [2.24, 2.45) is 0 Å². The Hall–Kier alpha value is -3.66. The van der Waals surface area contributed by atoms with Gasteiger partial charge in [-0.1, -0.05) is 6.07 Å². The van der Waals surface area contributed by atoms with Gasteiger partial charge in [-0.2, -0.15) is 4.98 Å². The molecule has 0 spiro atoms. The van der Waals surface area contributed by atoms with Crippen molar-refractivity contribution in [1.29, 1.82) is 0 Å². The molecule has 3 aromatic rings. The Morgan fingerprint density at radius 1 is 0.765 bits per heavy atom. The molecule has 0 unspecified atom stereocenters. The fourth-order valence-electron chi connectivity index (χ4n) is 4.24. The SMILES string of the molecule is COc1cc2nc(N3CCN(Cc4ccc(OC)c(OC)c4OC)CC3)nc(N)c2cc1OC. The molecule has 0 aliphatic carbocycles. The maximum Gasteiger partial charge on any atom is 0.227 e. The first-order valence-electron chi connectivity index (χ1n) is 11.0. The quantitative estimate of drug-likeness (QED) is 0.529. The third-order valence-electron chi connectivity index (χ3n) is 6.05. The number of ether oxygens (including phenoxy) is 5. The first-order chi connectivity index (χ1) is 16.5. The molecule has 2 heterocycles. The van der Waals surface area contributed by atoms with E-state index in [-0.39, 0.29) is 0 Å². The summed E-state index contributed by atoms with van der Waals surface area (Å²) in [7, 11) is 8.06. The molecular weight excluding hydrogens is 438 g/mol. The highest BCUT2D eigenvalue weighted by atomic mass is 16.5. The monoisotopic (exact) mass is 469 g/mol. The van der Waals surface area contributed by atoms with Crippen LogP contribution in [0.3, 0.4) is 0 Å². The van der Waals surface area contributed by atoms with E-state index in [0.29, 0.717) is 40.5 Å². The molecule has 1 aromatic heterocycles. The Bertz CT molecular complexity index is 1160. The van der Waals surface area contributed by atoms with Crippen LogP contribution in [0.25, 0.3) is 10.9 Å². The van der Waals surface area contributed by atoms with E-state index in [0.717, 1.165) is 49.2 Å². The van der Waals surface area contributed by atoms with Crippen molar-refractivity contribution in [3.05, 3.63) is 29.8 Å². The van der Waals surface area contributed by atoms with E-state index in [1.165, 1.54) is 0 Å². The second-order valence-electron chi connectivity index (χ2n) is 7.89. The number of fused-ring (bicyclic) bond motifs is 1. The number of nitrogens with zero attached hydrogens (tertiary/aromatic N) is 4. The standard InChI is InChI=1S/C24H31N5O5/c1-30-18-7-6-15(21(33-4)22(18)34-5)14-28-8-10-29(11-9-28)24-26-17-13-20(32-3)19(31-2)12-16(17)23(25)27-24/h6-7,12-13H,8-11,14H2,1-5H3,(H2,25,26,27). The van der Waals surface area contributed by atoms with E-state index >= 15 is 0 Å². The molecule has 0 amide bonds. The Labute approximate surface area is 199 Å². The van der Waals surface area contributed by atoms with Gasteiger partial charge in [0.2, 0.25) is 11.7 Å². The van der Waals surface area contributed by atoms with Gasteiger partial charge >= 0.3 is 0 Å². The summed E-state index contributed by atoms with van der Waals surface area (Å²) < 4.78 is 27.3. The van der Waals surface area contributed by atoms with Crippen LogP contribution in [0.4, 0.5) is 11.8 Å². The maximum atomic E-state index is 6.27. The smallest absolute Gasteiger partial charge is 0.227 e. The minimum atomic E-state index is 0.415. The molecule has 10 nitrogen and oxygen atoms in total. The molecule has 0 radical (unpaired) electrons. The van der Waals surface area contributed by atoms with Crippen molar-refractivity contribution >= 4 is 22.7 Å². The van der Waals surface area contributed by atoms with Crippen molar-refractivity contribution < 1.29 is 23.7 Å². The molecule has 0 atom stereocenters. The molecule has 1 fully saturated rings. The van der Waals surface area contributed by atoms with Crippen LogP contribution in [0.5, 0.6) is 28.7 Å². The van der Waals surface area contributed by atoms with Crippen LogP contribution in [0.2, 0.25) is 0 Å². The number of hydrogen-bond donors (Lipinski definition) is 1. The molecule has 0 saturated carbocycles. The van der Waals surface area contributed by atoms with Gasteiger partial charge in [-0.3, -0.25) is 4.90 Å². The average molecular weight is 470 g/mol. The third-order valence-corrected chi connectivity index (χ3v) is 6.05. The van der Waals surface area contributed by atoms with Gasteiger partial charge in [0.1, 0.15) is 5.82 Å². The molecule has 182 valence electrons. The lowest BCUT2D eigenvalue weighted by Crippen LogP contribution is -2.46. The van der Waals surface area contributed by atoms with Gasteiger partial charge in [0.15, 0.2) is 23.0 Å². The Morgan fingerprint density at radius 3 is 2.03 bits per heavy atom. The summed E-state index contributed by atoms with van der Waals surface area (Å²) in [6.07, 6.45) is 0. The molecule has 0 bridgehead atoms. The number of aromatic nitrogens is 2. The van der Waals surface area contributed by atoms with Gasteiger partial charge in [0, 0.05) is 49.7 Å². The van der Waals surface area contributed by atoms with Crippen molar-refractivity contribution in [2.45, 2.75) is 6.54 Å². The van der Waals surface area contributed by atoms with Crippen molar-refractivity contribution in [3.63, 3.8) is 0 Å². The number of methoxy groups -OCH3 is 5. The largest absolute Gasteiger partial charge is 0.493 e. The summed E-state index contributed by atoms with van der Waals surface area (Å²) in [5.41, 5.74) is 8.03. The zero-order valence-electron chi connectivity index (χ0n) is 20.3. The first-order valence-corrected chi connectivity index (χ1v) is 11.0. The lowest BCUT2D eigenvalue weighted by atomic mass is 10.1. The van der Waals surface area contributed by atoms with E-state index < -0.39 is 0 Å². The van der Waals surface area contributed by atoms with Crippen molar-refractivity contribution in [1.82, 2.24) is 14.9 Å². The Kier molecular flexibility index (Phi) is 6.97. The van der Waals surface area contributed by atoms with Crippen LogP contribution in [-0.2, 0) is 6.54 Å². The summed E-state index contributed by atoms with van der Waals surface area (Å²) in [4.78, 5) is 13.8. The lowest BCUT2D eigenvalue weighted by molar-refractivity contribution is 0.243. The normalized spacial score (nSPS) is 14.2. The second kappa shape index (κ2) is 10.1. The van der Waals surface area contributed by atoms with Gasteiger partial charge in [0.25, 0.3) is 0 Å². The van der Waals surface area contributed by atoms with Crippen molar-refractivity contribution in [3.8, 4) is 28.7 Å². The van der Waals surface area contributed by atoms with Crippen LogP contribution >= 0.6 is 0 Å². The molecule has 34 heavy (non-hydrogen) atoms. The topological polar surface area (TPSA) is 104 Å². The number of piperazine rings is 1. The van der Waals surface area contributed by atoms with Gasteiger partial charge in [-0.15, -0.1) is 0 Å². The van der Waals surface area contributed by atoms with Crippen LogP contribution in [0.15, 0.2) is 24.3 Å². The molecule has 4 rings (SSSR count). The summed E-state index contributed by atoms with van der Waals surface area (Å²) >= 11 is 0. The predicted octanol–water partition coefficient (Wildman–Crippen LogP) is 2.58. The fraction of sp³-hybridized carbons (Fsp3) is 0.417. The highest BCUT2D eigenvalue weighted by Crippen LogP contribution is 2.40. The second-order valence-corrected chi connectivity index (χ2v) is 7.89. The highest BCUT2D eigenvalue weighted by Gasteiger charge is 2.23. The number of rotatable bonds is 8. The van der Waals surface area contributed by atoms with Gasteiger partial charge in [-0.25, -0.2) is 4.98 Å². The molecule has 10 heteroatoms. The zero-order valence-corrected chi connectivity index (χ0v) is 20.3. The molecule has 1 saturated heterocycles. The number of benzene rings is 2. The Balaban J connectivity index is 1.50. The number of nitrogen functional groups attached to an aromatic ring is 1.